The number of rotatable bonds is 11. The van der Waals surface area contributed by atoms with Gasteiger partial charge < -0.3 is 18.9 Å². The summed E-state index contributed by atoms with van der Waals surface area (Å²) in [5.41, 5.74) is -5.04. The molecule has 0 saturated carbocycles. The van der Waals surface area contributed by atoms with Crippen LogP contribution in [0.25, 0.3) is 0 Å². The molecule has 0 aromatic carbocycles. The fraction of sp³-hybridized carbons (Fsp3) is 0.619. The van der Waals surface area contributed by atoms with E-state index in [9.17, 15) is 19.2 Å². The Morgan fingerprint density at radius 3 is 1.24 bits per heavy atom. The molecule has 0 heterocycles. The number of carbonyl (C=O) groups excluding carboxylic acids is 4. The van der Waals surface area contributed by atoms with Gasteiger partial charge >= 0.3 is 23.9 Å². The smallest absolute Gasteiger partial charge is 0.326 e. The maximum Gasteiger partial charge on any atom is 0.326 e. The molecule has 0 spiro atoms. The molecule has 0 saturated heterocycles. The zero-order valence-corrected chi connectivity index (χ0v) is 17.6. The van der Waals surface area contributed by atoms with Crippen LogP contribution in [0.15, 0.2) is 0 Å². The first-order chi connectivity index (χ1) is 13.8. The van der Waals surface area contributed by atoms with Crippen molar-refractivity contribution in [2.24, 2.45) is 10.8 Å². The summed E-state index contributed by atoms with van der Waals surface area (Å²) in [6.45, 7) is 6.98. The van der Waals surface area contributed by atoms with E-state index in [4.69, 9.17) is 25.4 Å². The van der Waals surface area contributed by atoms with Crippen LogP contribution in [0.3, 0.4) is 0 Å². The van der Waals surface area contributed by atoms with Gasteiger partial charge in [0.2, 0.25) is 10.8 Å². The second-order valence-corrected chi connectivity index (χ2v) is 5.68. The number of carbonyl (C=O) groups is 4. The van der Waals surface area contributed by atoms with Crippen LogP contribution >= 0.6 is 0 Å². The third-order valence-corrected chi connectivity index (χ3v) is 4.12. The minimum absolute atomic E-state index is 0.128. The highest BCUT2D eigenvalue weighted by Crippen LogP contribution is 2.49. The molecule has 0 amide bonds. The predicted molar refractivity (Wildman–Crippen MR) is 103 cm³/mol. The van der Waals surface area contributed by atoms with E-state index in [2.05, 4.69) is 17.8 Å². The first-order valence-electron chi connectivity index (χ1n) is 9.32. The van der Waals surface area contributed by atoms with Gasteiger partial charge in [-0.05, 0) is 34.6 Å². The van der Waals surface area contributed by atoms with E-state index >= 15 is 0 Å². The van der Waals surface area contributed by atoms with E-state index in [0.29, 0.717) is 0 Å². The number of esters is 4. The number of ether oxygens (including phenoxy) is 4. The van der Waals surface area contributed by atoms with Gasteiger partial charge in [0.05, 0.1) is 26.4 Å². The normalized spacial score (nSPS) is 10.6. The lowest BCUT2D eigenvalue weighted by Gasteiger charge is -2.40. The average molecular weight is 408 g/mol. The first-order valence-corrected chi connectivity index (χ1v) is 9.32. The molecule has 0 bridgehead atoms. The number of hydrogen-bond acceptors (Lipinski definition) is 8. The molecule has 0 atom stereocenters. The van der Waals surface area contributed by atoms with Crippen molar-refractivity contribution in [2.45, 2.75) is 47.5 Å². The van der Waals surface area contributed by atoms with Crippen LogP contribution in [0.2, 0.25) is 0 Å². The molecule has 0 aromatic heterocycles. The Morgan fingerprint density at radius 2 is 1.00 bits per heavy atom. The van der Waals surface area contributed by atoms with Crippen LogP contribution in [0, 0.1) is 35.0 Å². The van der Waals surface area contributed by atoms with Gasteiger partial charge in [-0.3, -0.25) is 19.2 Å². The Balaban J connectivity index is 7.34. The fourth-order valence-corrected chi connectivity index (χ4v) is 2.85. The minimum atomic E-state index is -2.53. The molecule has 29 heavy (non-hydrogen) atoms. The van der Waals surface area contributed by atoms with Crippen molar-refractivity contribution >= 4 is 23.9 Å². The molecule has 8 heteroatoms. The standard InChI is InChI=1S/C21H28O8/c1-7-13-15-21(18(24)28-11-5,19(25)29-12-6)20(14-8-2,16(22)26-9-3)17(23)27-10-4/h2H,9-12,14-15H2,1,3-6H3. The Hall–Kier alpha value is -3.00. The van der Waals surface area contributed by atoms with Crippen molar-refractivity contribution in [3.8, 4) is 24.2 Å². The molecule has 0 unspecified atom stereocenters. The van der Waals surface area contributed by atoms with Crippen LogP contribution in [-0.4, -0.2) is 50.3 Å². The molecule has 0 rings (SSSR count). The van der Waals surface area contributed by atoms with Crippen LogP contribution in [0.4, 0.5) is 0 Å². The molecule has 0 aliphatic heterocycles. The Labute approximate surface area is 171 Å². The van der Waals surface area contributed by atoms with Gasteiger partial charge in [-0.2, -0.15) is 0 Å². The number of terminal acetylenes is 1. The zero-order valence-electron chi connectivity index (χ0n) is 17.6. The zero-order chi connectivity index (χ0) is 22.5. The highest BCUT2D eigenvalue weighted by atomic mass is 16.6. The Kier molecular flexibility index (Phi) is 11.2. The molecule has 0 fully saturated rings. The molecule has 0 N–H and O–H groups in total. The monoisotopic (exact) mass is 408 g/mol. The summed E-state index contributed by atoms with van der Waals surface area (Å²) in [6.07, 6.45) is 4.24. The van der Waals surface area contributed by atoms with E-state index < -0.39 is 47.5 Å². The summed E-state index contributed by atoms with van der Waals surface area (Å²) < 4.78 is 20.3. The van der Waals surface area contributed by atoms with Gasteiger partial charge in [-0.15, -0.1) is 24.2 Å². The average Bonchev–Trinajstić information content (AvgIpc) is 2.68. The van der Waals surface area contributed by atoms with Gasteiger partial charge in [-0.25, -0.2) is 0 Å². The van der Waals surface area contributed by atoms with Crippen LogP contribution in [0.5, 0.6) is 0 Å². The summed E-state index contributed by atoms with van der Waals surface area (Å²) in [5.74, 6) is 2.63. The third kappa shape index (κ3) is 5.08. The fourth-order valence-electron chi connectivity index (χ4n) is 2.85. The highest BCUT2D eigenvalue weighted by molar-refractivity contribution is 6.15. The van der Waals surface area contributed by atoms with E-state index in [1.165, 1.54) is 34.6 Å². The van der Waals surface area contributed by atoms with Crippen molar-refractivity contribution in [3.05, 3.63) is 0 Å². The topological polar surface area (TPSA) is 105 Å². The van der Waals surface area contributed by atoms with Gasteiger partial charge in [0.25, 0.3) is 0 Å². The summed E-state index contributed by atoms with van der Waals surface area (Å²) in [6, 6.07) is 0. The third-order valence-electron chi connectivity index (χ3n) is 4.12. The van der Waals surface area contributed by atoms with Crippen LogP contribution < -0.4 is 0 Å². The largest absolute Gasteiger partial charge is 0.465 e. The van der Waals surface area contributed by atoms with E-state index in [0.717, 1.165) is 0 Å². The molecule has 160 valence electrons. The maximum absolute atomic E-state index is 13.2. The SMILES string of the molecule is C#CCC(C(=O)OCC)(C(=O)OCC)C(CC#CC)(C(=O)OCC)C(=O)OCC. The predicted octanol–water partition coefficient (Wildman–Crippen LogP) is 1.65. The van der Waals surface area contributed by atoms with E-state index in [-0.39, 0.29) is 26.4 Å². The van der Waals surface area contributed by atoms with Crippen molar-refractivity contribution in [1.29, 1.82) is 0 Å². The lowest BCUT2D eigenvalue weighted by molar-refractivity contribution is -0.202. The molecular formula is C21H28O8. The lowest BCUT2D eigenvalue weighted by Crippen LogP contribution is -2.62. The second kappa shape index (κ2) is 12.5. The molecule has 0 radical (unpaired) electrons. The van der Waals surface area contributed by atoms with Gasteiger partial charge in [0, 0.05) is 12.8 Å². The van der Waals surface area contributed by atoms with E-state index in [1.54, 1.807) is 0 Å². The molecule has 0 aliphatic carbocycles. The highest BCUT2D eigenvalue weighted by Gasteiger charge is 2.72. The van der Waals surface area contributed by atoms with Crippen LogP contribution in [0.1, 0.15) is 47.5 Å². The molecular weight excluding hydrogens is 380 g/mol. The molecule has 8 nitrogen and oxygen atoms in total. The van der Waals surface area contributed by atoms with Gasteiger partial charge in [-0.1, -0.05) is 0 Å². The first kappa shape index (κ1) is 26.0. The van der Waals surface area contributed by atoms with Crippen molar-refractivity contribution in [3.63, 3.8) is 0 Å². The summed E-state index contributed by atoms with van der Waals surface area (Å²) >= 11 is 0. The van der Waals surface area contributed by atoms with Crippen molar-refractivity contribution < 1.29 is 38.1 Å². The summed E-state index contributed by atoms with van der Waals surface area (Å²) in [4.78, 5) is 52.5. The van der Waals surface area contributed by atoms with Crippen molar-refractivity contribution in [1.82, 2.24) is 0 Å². The maximum atomic E-state index is 13.2. The number of hydrogen-bond donors (Lipinski definition) is 0. The molecule has 0 aromatic rings. The van der Waals surface area contributed by atoms with E-state index in [1.807, 2.05) is 0 Å². The summed E-state index contributed by atoms with van der Waals surface area (Å²) in [7, 11) is 0. The molecule has 0 aliphatic rings. The quantitative estimate of drug-likeness (QED) is 0.220. The van der Waals surface area contributed by atoms with Crippen molar-refractivity contribution in [2.75, 3.05) is 26.4 Å². The van der Waals surface area contributed by atoms with Crippen LogP contribution in [-0.2, 0) is 38.1 Å². The lowest BCUT2D eigenvalue weighted by atomic mass is 9.59. The second-order valence-electron chi connectivity index (χ2n) is 5.68. The summed E-state index contributed by atoms with van der Waals surface area (Å²) in [5, 5.41) is 0. The Bertz CT molecular complexity index is 668. The van der Waals surface area contributed by atoms with Gasteiger partial charge in [0.1, 0.15) is 0 Å². The Morgan fingerprint density at radius 1 is 0.690 bits per heavy atom. The van der Waals surface area contributed by atoms with Gasteiger partial charge in [0.15, 0.2) is 0 Å². The minimum Gasteiger partial charge on any atom is -0.465 e.